The van der Waals surface area contributed by atoms with Crippen molar-refractivity contribution < 1.29 is 4.79 Å². The van der Waals surface area contributed by atoms with Crippen molar-refractivity contribution in [2.45, 2.75) is 32.2 Å². The zero-order chi connectivity index (χ0) is 17.1. The summed E-state index contributed by atoms with van der Waals surface area (Å²) in [5, 5.41) is 12.1. The summed E-state index contributed by atoms with van der Waals surface area (Å²) in [5.41, 5.74) is 10.1. The summed E-state index contributed by atoms with van der Waals surface area (Å²) >= 11 is 0. The van der Waals surface area contributed by atoms with Crippen LogP contribution < -0.4 is 11.1 Å². The van der Waals surface area contributed by atoms with Gasteiger partial charge in [0, 0.05) is 29.4 Å². The van der Waals surface area contributed by atoms with Crippen LogP contribution in [0.5, 0.6) is 0 Å². The number of nitrogens with zero attached hydrogens (tertiary/aromatic N) is 2. The maximum Gasteiger partial charge on any atom is 0.227 e. The monoisotopic (exact) mass is 320 g/mol. The van der Waals surface area contributed by atoms with Crippen LogP contribution in [0.3, 0.4) is 0 Å². The Labute approximate surface area is 141 Å². The van der Waals surface area contributed by atoms with E-state index in [1.807, 2.05) is 25.1 Å². The minimum Gasteiger partial charge on any atom is -0.325 e. The third-order valence-electron chi connectivity index (χ3n) is 4.48. The number of carbonyl (C=O) groups excluding carboxylic acids is 1. The van der Waals surface area contributed by atoms with Gasteiger partial charge in [-0.3, -0.25) is 9.78 Å². The molecule has 5 nitrogen and oxygen atoms in total. The Balaban J connectivity index is 2.14. The molecule has 1 aliphatic rings. The number of benzene rings is 1. The summed E-state index contributed by atoms with van der Waals surface area (Å²) in [6, 6.07) is 11.2. The second-order valence-electron chi connectivity index (χ2n) is 6.27. The maximum absolute atomic E-state index is 12.5. The molecule has 0 aliphatic carbocycles. The molecule has 2 atom stereocenters. The highest BCUT2D eigenvalue weighted by molar-refractivity contribution is 5.97. The molecule has 1 aliphatic heterocycles. The Kier molecular flexibility index (Phi) is 4.59. The molecule has 0 saturated carbocycles. The molecular formula is C19H20N4O. The summed E-state index contributed by atoms with van der Waals surface area (Å²) < 4.78 is 0. The molecule has 0 fully saturated rings. The lowest BCUT2D eigenvalue weighted by molar-refractivity contribution is -0.119. The molecule has 0 saturated heterocycles. The number of carbonyl (C=O) groups is 1. The molecule has 5 heteroatoms. The van der Waals surface area contributed by atoms with Crippen molar-refractivity contribution in [3.8, 4) is 17.2 Å². The molecular weight excluding hydrogens is 300 g/mol. The molecule has 3 N–H and O–H groups in total. The molecule has 24 heavy (non-hydrogen) atoms. The van der Waals surface area contributed by atoms with Gasteiger partial charge in [-0.1, -0.05) is 19.4 Å². The largest absolute Gasteiger partial charge is 0.325 e. The molecule has 0 spiro atoms. The smallest absolute Gasteiger partial charge is 0.227 e. The number of pyridine rings is 1. The van der Waals surface area contributed by atoms with Crippen LogP contribution in [0.1, 0.15) is 43.5 Å². The number of anilines is 1. The Hall–Kier alpha value is -2.71. The van der Waals surface area contributed by atoms with Gasteiger partial charge < -0.3 is 11.1 Å². The summed E-state index contributed by atoms with van der Waals surface area (Å²) in [6.07, 6.45) is 4.18. The van der Waals surface area contributed by atoms with Crippen molar-refractivity contribution >= 4 is 11.6 Å². The van der Waals surface area contributed by atoms with Gasteiger partial charge in [0.05, 0.1) is 17.3 Å². The molecule has 0 unspecified atom stereocenters. The molecule has 2 aromatic rings. The van der Waals surface area contributed by atoms with Crippen LogP contribution in [0.25, 0.3) is 11.1 Å². The zero-order valence-corrected chi connectivity index (χ0v) is 13.6. The fraction of sp³-hybridized carbons (Fsp3) is 0.316. The topological polar surface area (TPSA) is 91.8 Å². The summed E-state index contributed by atoms with van der Waals surface area (Å²) in [7, 11) is 0. The van der Waals surface area contributed by atoms with E-state index in [-0.39, 0.29) is 17.9 Å². The van der Waals surface area contributed by atoms with Gasteiger partial charge in [0.15, 0.2) is 0 Å². The number of hydrogen-bond acceptors (Lipinski definition) is 4. The van der Waals surface area contributed by atoms with Gasteiger partial charge in [-0.05, 0) is 42.7 Å². The number of amides is 1. The standard InChI is InChI=1S/C19H20N4O/c1-12-3-2-4-16(21)18-10-14(7-8-22-18)15-6-5-13(11-20)9-17(15)23-19(12)24/h5-10,12,16H,2-4,21H2,1H3,(H,23,24)/t12-,16+/m1/s1. The fourth-order valence-corrected chi connectivity index (χ4v) is 2.97. The SMILES string of the molecule is C[C@@H]1CCC[C@H](N)c2cc(ccn2)-c2ccc(C#N)cc2NC1=O. The highest BCUT2D eigenvalue weighted by atomic mass is 16.1. The third kappa shape index (κ3) is 3.29. The average molecular weight is 320 g/mol. The lowest BCUT2D eigenvalue weighted by Crippen LogP contribution is -2.22. The minimum atomic E-state index is -0.138. The van der Waals surface area contributed by atoms with E-state index in [1.54, 1.807) is 18.3 Å². The number of rotatable bonds is 0. The van der Waals surface area contributed by atoms with Gasteiger partial charge >= 0.3 is 0 Å². The Morgan fingerprint density at radius 2 is 2.12 bits per heavy atom. The van der Waals surface area contributed by atoms with E-state index in [2.05, 4.69) is 16.4 Å². The van der Waals surface area contributed by atoms with Crippen molar-refractivity contribution in [3.05, 3.63) is 47.8 Å². The summed E-state index contributed by atoms with van der Waals surface area (Å²) in [5.74, 6) is -0.142. The van der Waals surface area contributed by atoms with E-state index in [4.69, 9.17) is 11.0 Å². The molecule has 1 aromatic carbocycles. The summed E-state index contributed by atoms with van der Waals surface area (Å²) in [4.78, 5) is 16.9. The molecule has 2 heterocycles. The predicted octanol–water partition coefficient (Wildman–Crippen LogP) is 3.38. The Morgan fingerprint density at radius 3 is 2.92 bits per heavy atom. The van der Waals surface area contributed by atoms with Crippen LogP contribution in [-0.4, -0.2) is 10.9 Å². The number of aromatic nitrogens is 1. The first-order valence-corrected chi connectivity index (χ1v) is 8.15. The lowest BCUT2D eigenvalue weighted by Gasteiger charge is -2.19. The summed E-state index contributed by atoms with van der Waals surface area (Å²) in [6.45, 7) is 1.91. The molecule has 2 bridgehead atoms. The quantitative estimate of drug-likeness (QED) is 0.778. The maximum atomic E-state index is 12.5. The van der Waals surface area contributed by atoms with Gasteiger partial charge in [-0.25, -0.2) is 0 Å². The van der Waals surface area contributed by atoms with E-state index < -0.39 is 0 Å². The normalized spacial score (nSPS) is 20.8. The van der Waals surface area contributed by atoms with E-state index >= 15 is 0 Å². The number of nitrogens with one attached hydrogen (secondary N) is 1. The van der Waals surface area contributed by atoms with Gasteiger partial charge in [-0.15, -0.1) is 0 Å². The number of fused-ring (bicyclic) bond motifs is 4. The highest BCUT2D eigenvalue weighted by Crippen LogP contribution is 2.32. The number of nitrogens with two attached hydrogens (primary N) is 1. The molecule has 1 amide bonds. The average Bonchev–Trinajstić information content (AvgIpc) is 2.60. The van der Waals surface area contributed by atoms with Gasteiger partial charge in [0.1, 0.15) is 0 Å². The minimum absolute atomic E-state index is 0.0326. The van der Waals surface area contributed by atoms with Crippen molar-refractivity contribution in [3.63, 3.8) is 0 Å². The van der Waals surface area contributed by atoms with Crippen molar-refractivity contribution in [2.24, 2.45) is 11.7 Å². The first-order valence-electron chi connectivity index (χ1n) is 8.15. The van der Waals surface area contributed by atoms with E-state index in [1.165, 1.54) is 0 Å². The highest BCUT2D eigenvalue weighted by Gasteiger charge is 2.19. The van der Waals surface area contributed by atoms with Gasteiger partial charge in [0.25, 0.3) is 0 Å². The van der Waals surface area contributed by atoms with Crippen LogP contribution >= 0.6 is 0 Å². The van der Waals surface area contributed by atoms with E-state index in [0.717, 1.165) is 36.1 Å². The van der Waals surface area contributed by atoms with Crippen LogP contribution in [0.2, 0.25) is 0 Å². The predicted molar refractivity (Wildman–Crippen MR) is 93.0 cm³/mol. The third-order valence-corrected chi connectivity index (χ3v) is 4.48. The van der Waals surface area contributed by atoms with Gasteiger partial charge in [-0.2, -0.15) is 5.26 Å². The van der Waals surface area contributed by atoms with Crippen LogP contribution in [0.15, 0.2) is 36.5 Å². The van der Waals surface area contributed by atoms with E-state index in [9.17, 15) is 4.79 Å². The first kappa shape index (κ1) is 16.2. The second-order valence-corrected chi connectivity index (χ2v) is 6.27. The lowest BCUT2D eigenvalue weighted by atomic mass is 9.95. The zero-order valence-electron chi connectivity index (χ0n) is 13.6. The van der Waals surface area contributed by atoms with Crippen LogP contribution in [0, 0.1) is 17.2 Å². The first-order chi connectivity index (χ1) is 11.6. The van der Waals surface area contributed by atoms with Crippen LogP contribution in [-0.2, 0) is 4.79 Å². The second kappa shape index (κ2) is 6.81. The Bertz CT molecular complexity index is 809. The van der Waals surface area contributed by atoms with Crippen molar-refractivity contribution in [2.75, 3.05) is 5.32 Å². The fourth-order valence-electron chi connectivity index (χ4n) is 2.97. The van der Waals surface area contributed by atoms with E-state index in [0.29, 0.717) is 11.3 Å². The van der Waals surface area contributed by atoms with Crippen LogP contribution in [0.4, 0.5) is 5.69 Å². The van der Waals surface area contributed by atoms with Gasteiger partial charge in [0.2, 0.25) is 5.91 Å². The molecule has 3 rings (SSSR count). The molecule has 0 radical (unpaired) electrons. The Morgan fingerprint density at radius 1 is 1.29 bits per heavy atom. The molecule has 1 aromatic heterocycles. The van der Waals surface area contributed by atoms with Crippen molar-refractivity contribution in [1.82, 2.24) is 4.98 Å². The number of hydrogen-bond donors (Lipinski definition) is 2. The van der Waals surface area contributed by atoms with Crippen molar-refractivity contribution in [1.29, 1.82) is 5.26 Å². The molecule has 122 valence electrons. The number of nitriles is 1.